The highest BCUT2D eigenvalue weighted by Gasteiger charge is 2.35. The smallest absolute Gasteiger partial charge is 0.260 e. The van der Waals surface area contributed by atoms with Gasteiger partial charge in [-0.3, -0.25) is 9.59 Å². The normalized spacial score (nSPS) is 16.5. The van der Waals surface area contributed by atoms with Gasteiger partial charge in [-0.2, -0.15) is 4.98 Å². The number of fused-ring (bicyclic) bond motifs is 1. The maximum absolute atomic E-state index is 13.9. The molecule has 0 spiro atoms. The Labute approximate surface area is 249 Å². The molecule has 1 fully saturated rings. The third kappa shape index (κ3) is 6.39. The molecule has 0 saturated carbocycles. The van der Waals surface area contributed by atoms with Crippen LogP contribution in [0.5, 0.6) is 11.5 Å². The second-order valence-corrected chi connectivity index (χ2v) is 11.1. The number of methoxy groups -OCH3 is 1. The van der Waals surface area contributed by atoms with Gasteiger partial charge in [-0.1, -0.05) is 43.0 Å². The van der Waals surface area contributed by atoms with Gasteiger partial charge in [0.05, 0.1) is 25.9 Å². The fraction of sp³-hybridized carbons (Fsp3) is 0.400. The van der Waals surface area contributed by atoms with Gasteiger partial charge in [0.2, 0.25) is 11.1 Å². The van der Waals surface area contributed by atoms with Crippen molar-refractivity contribution in [3.8, 4) is 11.5 Å². The third-order valence-corrected chi connectivity index (χ3v) is 8.17. The number of anilines is 2. The number of carbonyl (C=O) groups is 2. The predicted octanol–water partition coefficient (Wildman–Crippen LogP) is 4.26. The molecule has 2 aliphatic heterocycles. The van der Waals surface area contributed by atoms with Crippen molar-refractivity contribution in [3.63, 3.8) is 0 Å². The van der Waals surface area contributed by atoms with Gasteiger partial charge >= 0.3 is 0 Å². The van der Waals surface area contributed by atoms with E-state index in [9.17, 15) is 9.59 Å². The lowest BCUT2D eigenvalue weighted by atomic mass is 9.94. The topological polar surface area (TPSA) is 120 Å². The van der Waals surface area contributed by atoms with E-state index >= 15 is 0 Å². The average Bonchev–Trinajstić information content (AvgIpc) is 3.41. The average molecular weight is 593 g/mol. The standard InChI is InChI=1S/C30H36N6O5S/c1-5-16-42-30-33-29-31-20(3)26(28(38)32-22-9-7-6-8-19(22)2)27(36(29)34-30)21-10-11-23(24(17-21)39-4)41-18-25(37)35-12-14-40-15-13-35/h6-11,17,27H,5,12-16,18H2,1-4H3,(H,32,38)(H,31,33,34). The summed E-state index contributed by atoms with van der Waals surface area (Å²) in [6.07, 6.45) is 0.986. The largest absolute Gasteiger partial charge is 0.493 e. The van der Waals surface area contributed by atoms with Crippen LogP contribution in [0.15, 0.2) is 58.9 Å². The van der Waals surface area contributed by atoms with E-state index in [1.807, 2.05) is 50.2 Å². The number of aromatic nitrogens is 3. The van der Waals surface area contributed by atoms with E-state index < -0.39 is 6.04 Å². The first-order valence-corrected chi connectivity index (χ1v) is 15.0. The van der Waals surface area contributed by atoms with Crippen molar-refractivity contribution >= 4 is 35.2 Å². The van der Waals surface area contributed by atoms with E-state index in [0.29, 0.717) is 60.2 Å². The molecule has 1 atom stereocenters. The second-order valence-electron chi connectivity index (χ2n) is 10.0. The number of aryl methyl sites for hydroxylation is 1. The zero-order chi connectivity index (χ0) is 29.6. The van der Waals surface area contributed by atoms with Crippen molar-refractivity contribution in [3.05, 3.63) is 64.9 Å². The maximum atomic E-state index is 13.9. The lowest BCUT2D eigenvalue weighted by molar-refractivity contribution is -0.137. The Kier molecular flexibility index (Phi) is 9.33. The van der Waals surface area contributed by atoms with Crippen LogP contribution in [0.25, 0.3) is 0 Å². The van der Waals surface area contributed by atoms with E-state index in [1.165, 1.54) is 0 Å². The van der Waals surface area contributed by atoms with Gasteiger partial charge in [0.15, 0.2) is 18.1 Å². The van der Waals surface area contributed by atoms with Crippen LogP contribution in [0.2, 0.25) is 0 Å². The van der Waals surface area contributed by atoms with Crippen LogP contribution in [0, 0.1) is 6.92 Å². The van der Waals surface area contributed by atoms with Gasteiger partial charge in [0.25, 0.3) is 11.8 Å². The Hall–Kier alpha value is -4.03. The lowest BCUT2D eigenvalue weighted by Crippen LogP contribution is -2.43. The summed E-state index contributed by atoms with van der Waals surface area (Å²) in [4.78, 5) is 32.9. The molecule has 0 radical (unpaired) electrons. The minimum atomic E-state index is -0.591. The minimum Gasteiger partial charge on any atom is -0.493 e. The lowest BCUT2D eigenvalue weighted by Gasteiger charge is -2.29. The SMILES string of the molecule is CCCSc1nc2n(n1)C(c1ccc(OCC(=O)N3CCOCC3)c(OC)c1)C(C(=O)Nc1ccccc1C)=C(C)N2. The van der Waals surface area contributed by atoms with Gasteiger partial charge in [-0.25, -0.2) is 4.68 Å². The second kappa shape index (κ2) is 13.3. The van der Waals surface area contributed by atoms with Gasteiger partial charge in [0, 0.05) is 30.2 Å². The summed E-state index contributed by atoms with van der Waals surface area (Å²) in [6, 6.07) is 12.5. The predicted molar refractivity (Wildman–Crippen MR) is 161 cm³/mol. The number of nitrogens with zero attached hydrogens (tertiary/aromatic N) is 4. The van der Waals surface area contributed by atoms with E-state index in [4.69, 9.17) is 24.3 Å². The fourth-order valence-corrected chi connectivity index (χ4v) is 5.59. The Balaban J connectivity index is 1.47. The first-order chi connectivity index (χ1) is 20.4. The number of rotatable bonds is 10. The van der Waals surface area contributed by atoms with Crippen molar-refractivity contribution in [2.45, 2.75) is 38.4 Å². The highest BCUT2D eigenvalue weighted by Crippen LogP contribution is 2.40. The number of carbonyl (C=O) groups excluding carboxylic acids is 2. The molecule has 2 N–H and O–H groups in total. The highest BCUT2D eigenvalue weighted by molar-refractivity contribution is 7.99. The Morgan fingerprint density at radius 3 is 2.67 bits per heavy atom. The van der Waals surface area contributed by atoms with E-state index in [1.54, 1.807) is 34.5 Å². The maximum Gasteiger partial charge on any atom is 0.260 e. The molecule has 2 aromatic carbocycles. The number of morpholine rings is 1. The van der Waals surface area contributed by atoms with Crippen LogP contribution >= 0.6 is 11.8 Å². The number of nitrogens with one attached hydrogen (secondary N) is 2. The van der Waals surface area contributed by atoms with Gasteiger partial charge < -0.3 is 29.7 Å². The monoisotopic (exact) mass is 592 g/mol. The molecular formula is C30H36N6O5S. The first kappa shape index (κ1) is 29.5. The van der Waals surface area contributed by atoms with E-state index in [-0.39, 0.29) is 18.4 Å². The summed E-state index contributed by atoms with van der Waals surface area (Å²) < 4.78 is 18.7. The van der Waals surface area contributed by atoms with Gasteiger partial charge in [-0.05, 0) is 49.6 Å². The molecule has 2 aliphatic rings. The van der Waals surface area contributed by atoms with Crippen molar-refractivity contribution in [2.24, 2.45) is 0 Å². The molecule has 42 heavy (non-hydrogen) atoms. The van der Waals surface area contributed by atoms with Crippen molar-refractivity contribution < 1.29 is 23.8 Å². The number of ether oxygens (including phenoxy) is 3. The molecule has 5 rings (SSSR count). The minimum absolute atomic E-state index is 0.110. The van der Waals surface area contributed by atoms with Gasteiger partial charge in [-0.15, -0.1) is 5.10 Å². The number of amides is 2. The highest BCUT2D eigenvalue weighted by atomic mass is 32.2. The van der Waals surface area contributed by atoms with Crippen LogP contribution < -0.4 is 20.1 Å². The van der Waals surface area contributed by atoms with Crippen LogP contribution in [0.3, 0.4) is 0 Å². The van der Waals surface area contributed by atoms with Crippen LogP contribution in [-0.2, 0) is 14.3 Å². The Bertz CT molecular complexity index is 1480. The number of hydrogen-bond acceptors (Lipinski definition) is 9. The third-order valence-electron chi connectivity index (χ3n) is 7.12. The van der Waals surface area contributed by atoms with E-state index in [2.05, 4.69) is 17.6 Å². The quantitative estimate of drug-likeness (QED) is 0.333. The molecule has 1 saturated heterocycles. The zero-order valence-corrected chi connectivity index (χ0v) is 25.1. The summed E-state index contributed by atoms with van der Waals surface area (Å²) in [5.41, 5.74) is 3.62. The number of allylic oxidation sites excluding steroid dienone is 1. The molecule has 0 aliphatic carbocycles. The summed E-state index contributed by atoms with van der Waals surface area (Å²) >= 11 is 1.57. The molecule has 0 bridgehead atoms. The van der Waals surface area contributed by atoms with Crippen LogP contribution in [0.4, 0.5) is 11.6 Å². The molecule has 11 nitrogen and oxygen atoms in total. The molecule has 222 valence electrons. The summed E-state index contributed by atoms with van der Waals surface area (Å²) in [7, 11) is 1.55. The van der Waals surface area contributed by atoms with Crippen molar-refractivity contribution in [2.75, 3.05) is 56.4 Å². The van der Waals surface area contributed by atoms with Crippen LogP contribution in [0.1, 0.15) is 37.4 Å². The first-order valence-electron chi connectivity index (χ1n) is 14.0. The molecule has 1 aromatic heterocycles. The van der Waals surface area contributed by atoms with Crippen molar-refractivity contribution in [1.82, 2.24) is 19.7 Å². The molecule has 2 amide bonds. The Morgan fingerprint density at radius 2 is 1.93 bits per heavy atom. The van der Waals surface area contributed by atoms with E-state index in [0.717, 1.165) is 29.0 Å². The molecule has 1 unspecified atom stereocenters. The summed E-state index contributed by atoms with van der Waals surface area (Å²) in [5.74, 6) is 1.95. The molecule has 3 heterocycles. The molecule has 3 aromatic rings. The van der Waals surface area contributed by atoms with Gasteiger partial charge in [0.1, 0.15) is 6.04 Å². The summed E-state index contributed by atoms with van der Waals surface area (Å²) in [6.45, 7) is 7.95. The zero-order valence-electron chi connectivity index (χ0n) is 24.3. The molecular weight excluding hydrogens is 556 g/mol. The van der Waals surface area contributed by atoms with Crippen molar-refractivity contribution in [1.29, 1.82) is 0 Å². The van der Waals surface area contributed by atoms with Crippen LogP contribution in [-0.4, -0.2) is 77.3 Å². The number of para-hydroxylation sites is 1. The number of hydrogen-bond donors (Lipinski definition) is 2. The Morgan fingerprint density at radius 1 is 1.14 bits per heavy atom. The summed E-state index contributed by atoms with van der Waals surface area (Å²) in [5, 5.41) is 11.8. The molecule has 12 heteroatoms. The number of benzene rings is 2. The number of thioether (sulfide) groups is 1. The fourth-order valence-electron chi connectivity index (χ4n) is 4.91.